The van der Waals surface area contributed by atoms with E-state index in [2.05, 4.69) is 31.1 Å². The van der Waals surface area contributed by atoms with Crippen LogP contribution >= 0.6 is 0 Å². The molecule has 0 bridgehead atoms. The minimum absolute atomic E-state index is 0.0855. The molecule has 0 aliphatic carbocycles. The van der Waals surface area contributed by atoms with Crippen LogP contribution in [0.25, 0.3) is 0 Å². The fourth-order valence-corrected chi connectivity index (χ4v) is 2.91. The highest BCUT2D eigenvalue weighted by atomic mass is 16.5. The van der Waals surface area contributed by atoms with E-state index in [1.807, 2.05) is 44.2 Å². The molecule has 0 atom stereocenters. The topological polar surface area (TPSA) is 51.2 Å². The normalized spacial score (nSPS) is 15.0. The number of hydrogen-bond donors (Lipinski definition) is 1. The maximum Gasteiger partial charge on any atom is 0.251 e. The summed E-state index contributed by atoms with van der Waals surface area (Å²) in [5, 5.41) is 2.95. The molecule has 0 saturated carbocycles. The van der Waals surface area contributed by atoms with Crippen molar-refractivity contribution in [3.05, 3.63) is 58.9 Å². The SMILES string of the molecule is CC(C)(C)c1cc(C(=O)NCc2ccccn2)cc2c1OC2(C)C. The van der Waals surface area contributed by atoms with Crippen molar-refractivity contribution in [1.29, 1.82) is 0 Å². The van der Waals surface area contributed by atoms with Crippen molar-refractivity contribution in [1.82, 2.24) is 10.3 Å². The van der Waals surface area contributed by atoms with E-state index in [0.717, 1.165) is 22.6 Å². The van der Waals surface area contributed by atoms with E-state index in [1.54, 1.807) is 6.20 Å². The predicted molar refractivity (Wildman–Crippen MR) is 94.2 cm³/mol. The first-order valence-corrected chi connectivity index (χ1v) is 8.24. The number of pyridine rings is 1. The lowest BCUT2D eigenvalue weighted by atomic mass is 9.78. The van der Waals surface area contributed by atoms with Crippen LogP contribution in [0.5, 0.6) is 5.75 Å². The summed E-state index contributed by atoms with van der Waals surface area (Å²) < 4.78 is 5.95. The van der Waals surface area contributed by atoms with Crippen LogP contribution in [0, 0.1) is 0 Å². The molecule has 4 heteroatoms. The maximum atomic E-state index is 12.6. The van der Waals surface area contributed by atoms with Crippen LogP contribution in [0.15, 0.2) is 36.5 Å². The number of ether oxygens (including phenoxy) is 1. The number of amides is 1. The lowest BCUT2D eigenvalue weighted by molar-refractivity contribution is 0.0483. The Hall–Kier alpha value is -2.36. The summed E-state index contributed by atoms with van der Waals surface area (Å²) in [5.41, 5.74) is 3.26. The van der Waals surface area contributed by atoms with Crippen LogP contribution in [-0.2, 0) is 17.6 Å². The zero-order valence-corrected chi connectivity index (χ0v) is 14.9. The Morgan fingerprint density at radius 2 is 2.00 bits per heavy atom. The number of hydrogen-bond acceptors (Lipinski definition) is 3. The second-order valence-electron chi connectivity index (χ2n) is 7.77. The van der Waals surface area contributed by atoms with Crippen molar-refractivity contribution in [2.75, 3.05) is 0 Å². The number of aromatic nitrogens is 1. The maximum absolute atomic E-state index is 12.6. The van der Waals surface area contributed by atoms with E-state index in [9.17, 15) is 4.79 Å². The summed E-state index contributed by atoms with van der Waals surface area (Å²) in [5.74, 6) is 0.838. The molecule has 0 spiro atoms. The third-order valence-electron chi connectivity index (χ3n) is 4.32. The molecule has 0 radical (unpaired) electrons. The smallest absolute Gasteiger partial charge is 0.251 e. The van der Waals surface area contributed by atoms with Gasteiger partial charge in [-0.05, 0) is 43.5 Å². The van der Waals surface area contributed by atoms with Gasteiger partial charge < -0.3 is 10.1 Å². The van der Waals surface area contributed by atoms with Gasteiger partial charge in [0, 0.05) is 22.9 Å². The quantitative estimate of drug-likeness (QED) is 0.930. The number of fused-ring (bicyclic) bond motifs is 1. The first-order valence-electron chi connectivity index (χ1n) is 8.24. The number of carbonyl (C=O) groups excluding carboxylic acids is 1. The summed E-state index contributed by atoms with van der Waals surface area (Å²) in [4.78, 5) is 16.8. The van der Waals surface area contributed by atoms with Gasteiger partial charge in [0.25, 0.3) is 5.91 Å². The number of carbonyl (C=O) groups is 1. The monoisotopic (exact) mass is 324 g/mol. The molecule has 0 unspecified atom stereocenters. The number of nitrogens with zero attached hydrogens (tertiary/aromatic N) is 1. The number of benzene rings is 1. The second kappa shape index (κ2) is 5.62. The molecule has 2 aromatic rings. The van der Waals surface area contributed by atoms with Crippen LogP contribution in [-0.4, -0.2) is 10.9 Å². The van der Waals surface area contributed by atoms with Crippen molar-refractivity contribution in [2.24, 2.45) is 0 Å². The van der Waals surface area contributed by atoms with Gasteiger partial charge in [-0.3, -0.25) is 9.78 Å². The number of nitrogens with one attached hydrogen (secondary N) is 1. The minimum Gasteiger partial charge on any atom is -0.482 e. The average Bonchev–Trinajstić information content (AvgIpc) is 2.51. The molecular formula is C20H24N2O2. The molecule has 1 aromatic carbocycles. The molecule has 126 valence electrons. The Bertz CT molecular complexity index is 774. The third-order valence-corrected chi connectivity index (χ3v) is 4.32. The van der Waals surface area contributed by atoms with Crippen molar-refractivity contribution >= 4 is 5.91 Å². The highest BCUT2D eigenvalue weighted by molar-refractivity contribution is 5.95. The van der Waals surface area contributed by atoms with Crippen LogP contribution in [0.3, 0.4) is 0 Å². The molecule has 1 N–H and O–H groups in total. The van der Waals surface area contributed by atoms with E-state index < -0.39 is 0 Å². The molecule has 0 fully saturated rings. The lowest BCUT2D eigenvalue weighted by Gasteiger charge is -2.42. The summed E-state index contributed by atoms with van der Waals surface area (Å²) in [6.45, 7) is 10.9. The molecule has 1 amide bonds. The second-order valence-corrected chi connectivity index (χ2v) is 7.77. The molecule has 1 aliphatic heterocycles. The van der Waals surface area contributed by atoms with Gasteiger partial charge in [-0.1, -0.05) is 26.8 Å². The fraction of sp³-hybridized carbons (Fsp3) is 0.400. The van der Waals surface area contributed by atoms with E-state index in [0.29, 0.717) is 12.1 Å². The first-order chi connectivity index (χ1) is 11.2. The zero-order chi connectivity index (χ0) is 17.5. The Morgan fingerprint density at radius 1 is 1.25 bits per heavy atom. The Labute approximate surface area is 143 Å². The van der Waals surface area contributed by atoms with E-state index >= 15 is 0 Å². The largest absolute Gasteiger partial charge is 0.482 e. The van der Waals surface area contributed by atoms with Gasteiger partial charge in [-0.2, -0.15) is 0 Å². The molecule has 1 aliphatic rings. The van der Waals surface area contributed by atoms with Crippen LogP contribution < -0.4 is 10.1 Å². The van der Waals surface area contributed by atoms with Crippen molar-refractivity contribution in [3.8, 4) is 5.75 Å². The molecule has 4 nitrogen and oxygen atoms in total. The van der Waals surface area contributed by atoms with Gasteiger partial charge in [0.15, 0.2) is 0 Å². The molecule has 24 heavy (non-hydrogen) atoms. The van der Waals surface area contributed by atoms with Gasteiger partial charge in [0.05, 0.1) is 12.2 Å². The summed E-state index contributed by atoms with van der Waals surface area (Å²) >= 11 is 0. The molecule has 2 heterocycles. The van der Waals surface area contributed by atoms with Crippen LogP contribution in [0.2, 0.25) is 0 Å². The highest BCUT2D eigenvalue weighted by Gasteiger charge is 2.41. The van der Waals surface area contributed by atoms with Gasteiger partial charge in [-0.25, -0.2) is 0 Å². The van der Waals surface area contributed by atoms with E-state index in [-0.39, 0.29) is 16.9 Å². The lowest BCUT2D eigenvalue weighted by Crippen LogP contribution is -2.38. The highest BCUT2D eigenvalue weighted by Crippen LogP contribution is 2.49. The average molecular weight is 324 g/mol. The summed E-state index contributed by atoms with van der Waals surface area (Å²) in [7, 11) is 0. The molecule has 0 saturated heterocycles. The van der Waals surface area contributed by atoms with Crippen molar-refractivity contribution in [3.63, 3.8) is 0 Å². The standard InChI is InChI=1S/C20H24N2O2/c1-19(2,3)15-10-13(11-16-17(15)24-20(16,4)5)18(23)22-12-14-8-6-7-9-21-14/h6-11H,12H2,1-5H3,(H,22,23). The van der Waals surface area contributed by atoms with E-state index in [4.69, 9.17) is 4.74 Å². The van der Waals surface area contributed by atoms with Gasteiger partial charge in [0.2, 0.25) is 0 Å². The van der Waals surface area contributed by atoms with Gasteiger partial charge in [-0.15, -0.1) is 0 Å². The molecule has 3 rings (SSSR count). The Morgan fingerprint density at radius 3 is 2.58 bits per heavy atom. The molecule has 1 aromatic heterocycles. The van der Waals surface area contributed by atoms with Crippen molar-refractivity contribution < 1.29 is 9.53 Å². The van der Waals surface area contributed by atoms with Gasteiger partial charge >= 0.3 is 0 Å². The van der Waals surface area contributed by atoms with Crippen LogP contribution in [0.1, 0.15) is 61.8 Å². The van der Waals surface area contributed by atoms with Crippen LogP contribution in [0.4, 0.5) is 0 Å². The Kier molecular flexibility index (Phi) is 3.86. The Balaban J connectivity index is 1.88. The van der Waals surface area contributed by atoms with Gasteiger partial charge in [0.1, 0.15) is 11.4 Å². The minimum atomic E-state index is -0.341. The predicted octanol–water partition coefficient (Wildman–Crippen LogP) is 3.94. The fourth-order valence-electron chi connectivity index (χ4n) is 2.91. The summed E-state index contributed by atoms with van der Waals surface area (Å²) in [6.07, 6.45) is 1.73. The number of rotatable bonds is 3. The third kappa shape index (κ3) is 3.01. The van der Waals surface area contributed by atoms with E-state index in [1.165, 1.54) is 0 Å². The molecular weight excluding hydrogens is 300 g/mol. The van der Waals surface area contributed by atoms with Crippen molar-refractivity contribution in [2.45, 2.75) is 52.2 Å². The zero-order valence-electron chi connectivity index (χ0n) is 14.9. The first kappa shape index (κ1) is 16.5. The summed E-state index contributed by atoms with van der Waals surface area (Å²) in [6, 6.07) is 9.57.